The van der Waals surface area contributed by atoms with Crippen molar-refractivity contribution < 1.29 is 9.59 Å². The van der Waals surface area contributed by atoms with Crippen LogP contribution in [0.5, 0.6) is 0 Å². The summed E-state index contributed by atoms with van der Waals surface area (Å²) in [6, 6.07) is 9.00. The van der Waals surface area contributed by atoms with Crippen LogP contribution in [0.25, 0.3) is 0 Å². The van der Waals surface area contributed by atoms with Gasteiger partial charge < -0.3 is 15.5 Å². The molecule has 5 nitrogen and oxygen atoms in total. The normalized spacial score (nSPS) is 13.3. The van der Waals surface area contributed by atoms with Gasteiger partial charge in [-0.1, -0.05) is 29.8 Å². The first-order valence-corrected chi connectivity index (χ1v) is 8.97. The van der Waals surface area contributed by atoms with Crippen LogP contribution < -0.4 is 10.6 Å². The van der Waals surface area contributed by atoms with E-state index in [1.54, 1.807) is 22.3 Å². The third-order valence-corrected chi connectivity index (χ3v) is 5.35. The highest BCUT2D eigenvalue weighted by atomic mass is 35.5. The molecule has 1 aromatic carbocycles. The summed E-state index contributed by atoms with van der Waals surface area (Å²) >= 11 is 7.77. The fraction of sp³-hybridized carbons (Fsp3) is 0.294. The van der Waals surface area contributed by atoms with Gasteiger partial charge in [-0.05, 0) is 35.1 Å². The van der Waals surface area contributed by atoms with Crippen molar-refractivity contribution in [1.29, 1.82) is 0 Å². The highest BCUT2D eigenvalue weighted by molar-refractivity contribution is 7.10. The standard InChI is InChI=1S/C17H18ClN3O2S/c18-14-4-2-1-3-12(14)9-19-17(23)20-10-16(22)21-7-5-15-13(11-21)6-8-24-15/h1-4,6,8H,5,7,9-11H2,(H2,19,20,23). The maximum atomic E-state index is 12.2. The summed E-state index contributed by atoms with van der Waals surface area (Å²) in [4.78, 5) is 27.2. The SMILES string of the molecule is O=C(NCC(=O)N1CCc2sccc2C1)NCc1ccccc1Cl. The summed E-state index contributed by atoms with van der Waals surface area (Å²) in [6.45, 7) is 1.64. The summed E-state index contributed by atoms with van der Waals surface area (Å²) in [5.41, 5.74) is 2.05. The first kappa shape index (κ1) is 16.8. The molecule has 2 heterocycles. The highest BCUT2D eigenvalue weighted by Crippen LogP contribution is 2.23. The zero-order valence-electron chi connectivity index (χ0n) is 13.0. The summed E-state index contributed by atoms with van der Waals surface area (Å²) < 4.78 is 0. The molecule has 0 bridgehead atoms. The molecular formula is C17H18ClN3O2S. The van der Waals surface area contributed by atoms with E-state index in [-0.39, 0.29) is 18.5 Å². The molecule has 0 unspecified atom stereocenters. The van der Waals surface area contributed by atoms with Gasteiger partial charge in [-0.2, -0.15) is 0 Å². The van der Waals surface area contributed by atoms with Gasteiger partial charge in [0.2, 0.25) is 5.91 Å². The Labute approximate surface area is 149 Å². The second-order valence-electron chi connectivity index (χ2n) is 5.56. The second-order valence-corrected chi connectivity index (χ2v) is 6.97. The monoisotopic (exact) mass is 363 g/mol. The third-order valence-electron chi connectivity index (χ3n) is 3.96. The van der Waals surface area contributed by atoms with Gasteiger partial charge in [0.25, 0.3) is 0 Å². The van der Waals surface area contributed by atoms with Crippen molar-refractivity contribution in [2.45, 2.75) is 19.5 Å². The number of amides is 3. The number of urea groups is 1. The molecule has 0 spiro atoms. The largest absolute Gasteiger partial charge is 0.336 e. The van der Waals surface area contributed by atoms with Crippen molar-refractivity contribution in [2.24, 2.45) is 0 Å². The van der Waals surface area contributed by atoms with E-state index in [0.717, 1.165) is 12.0 Å². The van der Waals surface area contributed by atoms with Gasteiger partial charge in [0.1, 0.15) is 0 Å². The molecule has 24 heavy (non-hydrogen) atoms. The lowest BCUT2D eigenvalue weighted by Crippen LogP contribution is -2.44. The summed E-state index contributed by atoms with van der Waals surface area (Å²) in [5, 5.41) is 7.97. The van der Waals surface area contributed by atoms with Crippen LogP contribution in [0.4, 0.5) is 4.79 Å². The van der Waals surface area contributed by atoms with Crippen LogP contribution in [0, 0.1) is 0 Å². The van der Waals surface area contributed by atoms with Crippen molar-refractivity contribution in [3.63, 3.8) is 0 Å². The summed E-state index contributed by atoms with van der Waals surface area (Å²) in [6.07, 6.45) is 0.886. The molecule has 3 rings (SSSR count). The molecule has 1 aliphatic rings. The summed E-state index contributed by atoms with van der Waals surface area (Å²) in [7, 11) is 0. The number of carbonyl (C=O) groups excluding carboxylic acids is 2. The van der Waals surface area contributed by atoms with Crippen molar-refractivity contribution >= 4 is 34.9 Å². The Morgan fingerprint density at radius 3 is 2.88 bits per heavy atom. The van der Waals surface area contributed by atoms with Gasteiger partial charge in [0.15, 0.2) is 0 Å². The lowest BCUT2D eigenvalue weighted by atomic mass is 10.1. The molecular weight excluding hydrogens is 346 g/mol. The predicted octanol–water partition coefficient (Wildman–Crippen LogP) is 2.79. The molecule has 0 fully saturated rings. The fourth-order valence-corrected chi connectivity index (χ4v) is 3.70. The van der Waals surface area contributed by atoms with E-state index in [4.69, 9.17) is 11.6 Å². The van der Waals surface area contributed by atoms with Crippen molar-refractivity contribution in [1.82, 2.24) is 15.5 Å². The van der Waals surface area contributed by atoms with Crippen molar-refractivity contribution in [2.75, 3.05) is 13.1 Å². The minimum atomic E-state index is -0.378. The van der Waals surface area contributed by atoms with Gasteiger partial charge in [-0.15, -0.1) is 11.3 Å². The molecule has 0 saturated heterocycles. The van der Waals surface area contributed by atoms with Crippen LogP contribution in [0.3, 0.4) is 0 Å². The smallest absolute Gasteiger partial charge is 0.315 e. The van der Waals surface area contributed by atoms with Crippen LogP contribution in [-0.4, -0.2) is 29.9 Å². The Hall–Kier alpha value is -2.05. The number of halogens is 1. The second kappa shape index (κ2) is 7.68. The van der Waals surface area contributed by atoms with E-state index < -0.39 is 0 Å². The Balaban J connectivity index is 1.43. The van der Waals surface area contributed by atoms with E-state index in [2.05, 4.69) is 22.1 Å². The van der Waals surface area contributed by atoms with E-state index in [1.165, 1.54) is 10.4 Å². The highest BCUT2D eigenvalue weighted by Gasteiger charge is 2.21. The van der Waals surface area contributed by atoms with E-state index in [9.17, 15) is 9.59 Å². The van der Waals surface area contributed by atoms with E-state index in [1.807, 2.05) is 18.2 Å². The van der Waals surface area contributed by atoms with Crippen molar-refractivity contribution in [3.8, 4) is 0 Å². The third kappa shape index (κ3) is 4.07. The average Bonchev–Trinajstić information content (AvgIpc) is 3.06. The van der Waals surface area contributed by atoms with E-state index >= 15 is 0 Å². The van der Waals surface area contributed by atoms with Crippen LogP contribution in [0.2, 0.25) is 5.02 Å². The minimum absolute atomic E-state index is 0.00613. The molecule has 1 aromatic heterocycles. The van der Waals surface area contributed by atoms with Crippen LogP contribution in [0.15, 0.2) is 35.7 Å². The minimum Gasteiger partial charge on any atom is -0.336 e. The molecule has 0 atom stereocenters. The molecule has 2 N–H and O–H groups in total. The zero-order valence-corrected chi connectivity index (χ0v) is 14.6. The fourth-order valence-electron chi connectivity index (χ4n) is 2.61. The Kier molecular flexibility index (Phi) is 5.37. The van der Waals surface area contributed by atoms with Gasteiger partial charge in [0.05, 0.1) is 6.54 Å². The van der Waals surface area contributed by atoms with Crippen LogP contribution >= 0.6 is 22.9 Å². The van der Waals surface area contributed by atoms with Gasteiger partial charge >= 0.3 is 6.03 Å². The Morgan fingerprint density at radius 2 is 2.04 bits per heavy atom. The van der Waals surface area contributed by atoms with E-state index in [0.29, 0.717) is 24.7 Å². The van der Waals surface area contributed by atoms with Crippen LogP contribution in [-0.2, 0) is 24.3 Å². The lowest BCUT2D eigenvalue weighted by molar-refractivity contribution is -0.130. The Morgan fingerprint density at radius 1 is 1.21 bits per heavy atom. The number of carbonyl (C=O) groups is 2. The molecule has 3 amide bonds. The molecule has 0 aliphatic carbocycles. The first-order chi connectivity index (χ1) is 11.6. The quantitative estimate of drug-likeness (QED) is 0.877. The van der Waals surface area contributed by atoms with Crippen molar-refractivity contribution in [3.05, 3.63) is 56.7 Å². The molecule has 0 radical (unpaired) electrons. The predicted molar refractivity (Wildman–Crippen MR) is 95.1 cm³/mol. The number of benzene rings is 1. The number of hydrogen-bond acceptors (Lipinski definition) is 3. The van der Waals surface area contributed by atoms with Crippen LogP contribution in [0.1, 0.15) is 16.0 Å². The zero-order chi connectivity index (χ0) is 16.9. The maximum absolute atomic E-state index is 12.2. The van der Waals surface area contributed by atoms with Gasteiger partial charge in [-0.25, -0.2) is 4.79 Å². The van der Waals surface area contributed by atoms with Gasteiger partial charge in [0, 0.05) is 29.5 Å². The molecule has 7 heteroatoms. The lowest BCUT2D eigenvalue weighted by Gasteiger charge is -2.27. The number of thiophene rings is 1. The number of nitrogens with one attached hydrogen (secondary N) is 2. The number of nitrogens with zero attached hydrogens (tertiary/aromatic N) is 1. The number of rotatable bonds is 4. The molecule has 126 valence electrons. The maximum Gasteiger partial charge on any atom is 0.315 e. The topological polar surface area (TPSA) is 61.4 Å². The number of fused-ring (bicyclic) bond motifs is 1. The number of hydrogen-bond donors (Lipinski definition) is 2. The Bertz CT molecular complexity index is 747. The molecule has 0 saturated carbocycles. The first-order valence-electron chi connectivity index (χ1n) is 7.71. The average molecular weight is 364 g/mol. The summed E-state index contributed by atoms with van der Waals surface area (Å²) in [5.74, 6) is -0.0697. The van der Waals surface area contributed by atoms with Gasteiger partial charge in [-0.3, -0.25) is 4.79 Å². The molecule has 2 aromatic rings. The molecule has 1 aliphatic heterocycles.